The zero-order valence-electron chi connectivity index (χ0n) is 23.0. The third-order valence-electron chi connectivity index (χ3n) is 7.77. The molecular formula is C30H39ClN4O4. The first-order chi connectivity index (χ1) is 19.0. The number of nitrogens with zero attached hydrogens (tertiary/aromatic N) is 3. The van der Waals surface area contributed by atoms with Crippen molar-refractivity contribution >= 4 is 28.6 Å². The zero-order valence-corrected chi connectivity index (χ0v) is 23.7. The number of piperazine rings is 1. The number of amides is 1. The summed E-state index contributed by atoms with van der Waals surface area (Å²) in [5.74, 6) is 0.840. The fourth-order valence-corrected chi connectivity index (χ4v) is 5.72. The number of fused-ring (bicyclic) bond motifs is 3. The molecule has 2 aromatic carbocycles. The van der Waals surface area contributed by atoms with Crippen LogP contribution >= 0.6 is 11.6 Å². The van der Waals surface area contributed by atoms with Gasteiger partial charge in [-0.1, -0.05) is 23.7 Å². The van der Waals surface area contributed by atoms with E-state index in [0.29, 0.717) is 24.8 Å². The first-order valence-corrected chi connectivity index (χ1v) is 14.3. The first kappa shape index (κ1) is 27.8. The molecule has 1 fully saturated rings. The fraction of sp³-hybridized carbons (Fsp3) is 0.500. The van der Waals surface area contributed by atoms with E-state index in [4.69, 9.17) is 25.8 Å². The summed E-state index contributed by atoms with van der Waals surface area (Å²) in [7, 11) is 3.78. The van der Waals surface area contributed by atoms with Crippen molar-refractivity contribution < 1.29 is 19.0 Å². The maximum atomic E-state index is 13.1. The molecule has 0 saturated carbocycles. The van der Waals surface area contributed by atoms with Crippen molar-refractivity contribution in [1.29, 1.82) is 0 Å². The molecule has 0 radical (unpaired) electrons. The Morgan fingerprint density at radius 2 is 1.79 bits per heavy atom. The van der Waals surface area contributed by atoms with Crippen LogP contribution in [0, 0.1) is 0 Å². The van der Waals surface area contributed by atoms with Crippen molar-refractivity contribution in [2.75, 3.05) is 73.2 Å². The summed E-state index contributed by atoms with van der Waals surface area (Å²) >= 11 is 6.32. The van der Waals surface area contributed by atoms with Crippen LogP contribution < -0.4 is 4.74 Å². The van der Waals surface area contributed by atoms with Gasteiger partial charge in [0.1, 0.15) is 18.4 Å². The number of halogens is 1. The molecular weight excluding hydrogens is 516 g/mol. The van der Waals surface area contributed by atoms with Gasteiger partial charge in [0, 0.05) is 61.5 Å². The summed E-state index contributed by atoms with van der Waals surface area (Å²) in [6, 6.07) is 13.7. The lowest BCUT2D eigenvalue weighted by atomic mass is 9.92. The number of aromatic amines is 1. The van der Waals surface area contributed by atoms with Crippen LogP contribution in [0.5, 0.6) is 5.75 Å². The summed E-state index contributed by atoms with van der Waals surface area (Å²) in [5, 5.41) is 1.80. The Hall–Kier alpha value is -2.78. The average molecular weight is 555 g/mol. The van der Waals surface area contributed by atoms with Crippen molar-refractivity contribution in [2.24, 2.45) is 0 Å². The molecule has 2 aliphatic rings. The van der Waals surface area contributed by atoms with Crippen LogP contribution in [0.3, 0.4) is 0 Å². The number of benzene rings is 2. The van der Waals surface area contributed by atoms with Gasteiger partial charge in [0.15, 0.2) is 0 Å². The second-order valence-electron chi connectivity index (χ2n) is 10.4. The third kappa shape index (κ3) is 6.69. The lowest BCUT2D eigenvalue weighted by Gasteiger charge is -2.35. The number of nitrogens with one attached hydrogen (secondary N) is 1. The van der Waals surface area contributed by atoms with Crippen molar-refractivity contribution in [3.8, 4) is 5.75 Å². The van der Waals surface area contributed by atoms with E-state index in [1.807, 2.05) is 42.5 Å². The minimum absolute atomic E-state index is 0.218. The molecule has 210 valence electrons. The number of rotatable bonds is 10. The number of H-pyrrole nitrogens is 1. The summed E-state index contributed by atoms with van der Waals surface area (Å²) in [5.41, 5.74) is 4.21. The Kier molecular flexibility index (Phi) is 9.29. The van der Waals surface area contributed by atoms with Gasteiger partial charge in [-0.3, -0.25) is 4.90 Å². The van der Waals surface area contributed by atoms with E-state index in [9.17, 15) is 4.79 Å². The van der Waals surface area contributed by atoms with Gasteiger partial charge in [-0.15, -0.1) is 0 Å². The lowest BCUT2D eigenvalue weighted by molar-refractivity contribution is 0.0629. The smallest absolute Gasteiger partial charge is 0.410 e. The molecule has 1 N–H and O–H groups in total. The number of hydrogen-bond acceptors (Lipinski definition) is 6. The van der Waals surface area contributed by atoms with Crippen LogP contribution in [-0.4, -0.2) is 99.0 Å². The minimum Gasteiger partial charge on any atom is -0.494 e. The summed E-state index contributed by atoms with van der Waals surface area (Å²) in [6.07, 6.45) is 2.54. The molecule has 3 aromatic rings. The van der Waals surface area contributed by atoms with Gasteiger partial charge in [0.25, 0.3) is 0 Å². The highest BCUT2D eigenvalue weighted by Gasteiger charge is 2.35. The summed E-state index contributed by atoms with van der Waals surface area (Å²) < 4.78 is 16.6. The van der Waals surface area contributed by atoms with Crippen LogP contribution in [0.2, 0.25) is 5.02 Å². The second-order valence-corrected chi connectivity index (χ2v) is 10.9. The minimum atomic E-state index is -0.347. The fourth-order valence-electron chi connectivity index (χ4n) is 5.54. The topological polar surface area (TPSA) is 70.3 Å². The van der Waals surface area contributed by atoms with Crippen molar-refractivity contribution in [3.05, 3.63) is 64.3 Å². The molecule has 9 heteroatoms. The quantitative estimate of drug-likeness (QED) is 0.357. The molecule has 1 saturated heterocycles. The SMILES string of the molecule is COCCOC(=O)N1CCc2c([nH]c3ccc(Cl)cc23)C1c1ccc(OCCCCN2CCN(C)CC2)cc1. The third-order valence-corrected chi connectivity index (χ3v) is 8.00. The van der Waals surface area contributed by atoms with E-state index < -0.39 is 0 Å². The maximum absolute atomic E-state index is 13.1. The first-order valence-electron chi connectivity index (χ1n) is 13.9. The van der Waals surface area contributed by atoms with E-state index in [0.717, 1.165) is 79.9 Å². The monoisotopic (exact) mass is 554 g/mol. The predicted octanol–water partition coefficient (Wildman–Crippen LogP) is 4.96. The van der Waals surface area contributed by atoms with Gasteiger partial charge in [-0.05, 0) is 74.3 Å². The number of carbonyl (C=O) groups excluding carboxylic acids is 1. The van der Waals surface area contributed by atoms with Gasteiger partial charge in [0.2, 0.25) is 0 Å². The molecule has 0 spiro atoms. The van der Waals surface area contributed by atoms with E-state index in [2.05, 4.69) is 21.8 Å². The van der Waals surface area contributed by atoms with E-state index in [-0.39, 0.29) is 18.7 Å². The van der Waals surface area contributed by atoms with E-state index >= 15 is 0 Å². The standard InChI is InChI=1S/C30H39ClN4O4/c1-33-14-16-34(17-15-33)12-3-4-18-38-24-8-5-22(6-9-24)29-28-25(26-21-23(31)7-10-27(26)32-28)11-13-35(29)30(36)39-20-19-37-2/h5-10,21,29,32H,3-4,11-20H2,1-2H3. The number of aromatic nitrogens is 1. The molecule has 1 unspecified atom stereocenters. The summed E-state index contributed by atoms with van der Waals surface area (Å²) in [4.78, 5) is 23.4. The highest BCUT2D eigenvalue weighted by Crippen LogP contribution is 2.39. The van der Waals surface area contributed by atoms with Gasteiger partial charge >= 0.3 is 6.09 Å². The van der Waals surface area contributed by atoms with E-state index in [1.54, 1.807) is 12.0 Å². The Morgan fingerprint density at radius 3 is 2.56 bits per heavy atom. The van der Waals surface area contributed by atoms with Crippen molar-refractivity contribution in [2.45, 2.75) is 25.3 Å². The Labute approximate surface area is 235 Å². The van der Waals surface area contributed by atoms with E-state index in [1.165, 1.54) is 5.56 Å². The van der Waals surface area contributed by atoms with Gasteiger partial charge in [-0.2, -0.15) is 0 Å². The number of hydrogen-bond donors (Lipinski definition) is 1. The van der Waals surface area contributed by atoms with Crippen LogP contribution in [0.25, 0.3) is 10.9 Å². The molecule has 5 rings (SSSR count). The Balaban J connectivity index is 1.26. The normalized spacial score (nSPS) is 18.3. The predicted molar refractivity (Wildman–Crippen MR) is 154 cm³/mol. The molecule has 1 amide bonds. The number of carbonyl (C=O) groups is 1. The molecule has 2 aliphatic heterocycles. The molecule has 0 aliphatic carbocycles. The molecule has 0 bridgehead atoms. The summed E-state index contributed by atoms with van der Waals surface area (Å²) in [6.45, 7) is 7.57. The highest BCUT2D eigenvalue weighted by molar-refractivity contribution is 6.31. The van der Waals surface area contributed by atoms with Crippen molar-refractivity contribution in [3.63, 3.8) is 0 Å². The average Bonchev–Trinajstić information content (AvgIpc) is 3.31. The molecule has 8 nitrogen and oxygen atoms in total. The van der Waals surface area contributed by atoms with Crippen LogP contribution in [0.4, 0.5) is 4.79 Å². The molecule has 3 heterocycles. The number of ether oxygens (including phenoxy) is 3. The van der Waals surface area contributed by atoms with Crippen LogP contribution in [0.15, 0.2) is 42.5 Å². The highest BCUT2D eigenvalue weighted by atomic mass is 35.5. The largest absolute Gasteiger partial charge is 0.494 e. The van der Waals surface area contributed by atoms with Gasteiger partial charge < -0.3 is 29.0 Å². The van der Waals surface area contributed by atoms with Gasteiger partial charge in [0.05, 0.1) is 13.2 Å². The van der Waals surface area contributed by atoms with Crippen molar-refractivity contribution in [1.82, 2.24) is 19.7 Å². The van der Waals surface area contributed by atoms with Crippen LogP contribution in [0.1, 0.15) is 35.7 Å². The number of methoxy groups -OCH3 is 1. The second kappa shape index (κ2) is 13.0. The lowest BCUT2D eigenvalue weighted by Crippen LogP contribution is -2.44. The van der Waals surface area contributed by atoms with Crippen LogP contribution in [-0.2, 0) is 15.9 Å². The zero-order chi connectivity index (χ0) is 27.2. The van der Waals surface area contributed by atoms with Gasteiger partial charge in [-0.25, -0.2) is 4.79 Å². The number of unbranched alkanes of at least 4 members (excludes halogenated alkanes) is 1. The maximum Gasteiger partial charge on any atom is 0.410 e. The molecule has 39 heavy (non-hydrogen) atoms. The molecule has 1 atom stereocenters. The Bertz CT molecular complexity index is 1240. The Morgan fingerprint density at radius 1 is 1.00 bits per heavy atom. The molecule has 1 aromatic heterocycles. The number of likely N-dealkylation sites (N-methyl/N-ethyl adjacent to an activating group) is 1.